The van der Waals surface area contributed by atoms with Crippen molar-refractivity contribution < 1.29 is 22.6 Å². The summed E-state index contributed by atoms with van der Waals surface area (Å²) in [6, 6.07) is 12.8. The first-order valence-electron chi connectivity index (χ1n) is 10.9. The Labute approximate surface area is 202 Å². The van der Waals surface area contributed by atoms with Crippen LogP contribution in [0, 0.1) is 13.8 Å². The lowest BCUT2D eigenvalue weighted by molar-refractivity contribution is 0.297. The molecule has 2 aromatic heterocycles. The van der Waals surface area contributed by atoms with Crippen molar-refractivity contribution in [1.29, 1.82) is 0 Å². The van der Waals surface area contributed by atoms with Gasteiger partial charge in [0.2, 0.25) is 5.88 Å². The number of fused-ring (bicyclic) bond motifs is 1. The zero-order chi connectivity index (χ0) is 24.4. The summed E-state index contributed by atoms with van der Waals surface area (Å²) >= 11 is 0. The molecule has 1 aliphatic heterocycles. The Hall–Kier alpha value is -4.12. The molecule has 5 rings (SSSR count). The summed E-state index contributed by atoms with van der Waals surface area (Å²) in [5.41, 5.74) is 0.387. The van der Waals surface area contributed by atoms with Crippen LogP contribution in [0.4, 0.5) is 5.69 Å². The SMILES string of the molecule is Cc1nc(Oc2ccc(NS(=O)(=O)c3ccc4c(c3)OCCCO4)cc2)cc(-n2ccnc2C)n1. The highest BCUT2D eigenvalue weighted by atomic mass is 32.2. The van der Waals surface area contributed by atoms with E-state index in [1.165, 1.54) is 12.1 Å². The van der Waals surface area contributed by atoms with Gasteiger partial charge in [-0.15, -0.1) is 0 Å². The van der Waals surface area contributed by atoms with Crippen LogP contribution in [0.5, 0.6) is 23.1 Å². The number of imidazole rings is 1. The molecular formula is C24H23N5O5S. The van der Waals surface area contributed by atoms with Gasteiger partial charge in [0, 0.05) is 36.6 Å². The summed E-state index contributed by atoms with van der Waals surface area (Å²) in [4.78, 5) is 13.1. The Balaban J connectivity index is 1.31. The number of hydrogen-bond acceptors (Lipinski definition) is 8. The second kappa shape index (κ2) is 9.26. The van der Waals surface area contributed by atoms with Gasteiger partial charge in [0.05, 0.1) is 18.1 Å². The normalized spacial score (nSPS) is 13.2. The minimum Gasteiger partial charge on any atom is -0.490 e. The highest BCUT2D eigenvalue weighted by Gasteiger charge is 2.19. The van der Waals surface area contributed by atoms with Crippen LogP contribution in [-0.2, 0) is 10.0 Å². The topological polar surface area (TPSA) is 117 Å². The van der Waals surface area contributed by atoms with Gasteiger partial charge in [-0.2, -0.15) is 4.98 Å². The first kappa shape index (κ1) is 22.7. The van der Waals surface area contributed by atoms with Crippen LogP contribution < -0.4 is 18.9 Å². The molecule has 4 aromatic rings. The summed E-state index contributed by atoms with van der Waals surface area (Å²) in [7, 11) is -3.83. The quantitative estimate of drug-likeness (QED) is 0.428. The van der Waals surface area contributed by atoms with E-state index < -0.39 is 10.0 Å². The van der Waals surface area contributed by atoms with Gasteiger partial charge in [0.25, 0.3) is 10.0 Å². The summed E-state index contributed by atoms with van der Waals surface area (Å²) in [6.45, 7) is 4.66. The van der Waals surface area contributed by atoms with E-state index >= 15 is 0 Å². The molecule has 3 heterocycles. The predicted octanol–water partition coefficient (Wildman–Crippen LogP) is 4.03. The maximum absolute atomic E-state index is 12.9. The second-order valence-electron chi connectivity index (χ2n) is 7.85. The number of anilines is 1. The number of aromatic nitrogens is 4. The van der Waals surface area contributed by atoms with Gasteiger partial charge in [-0.1, -0.05) is 0 Å². The Bertz CT molecular complexity index is 1470. The zero-order valence-electron chi connectivity index (χ0n) is 19.1. The minimum absolute atomic E-state index is 0.0841. The van der Waals surface area contributed by atoms with Gasteiger partial charge >= 0.3 is 0 Å². The molecule has 0 amide bonds. The zero-order valence-corrected chi connectivity index (χ0v) is 19.9. The van der Waals surface area contributed by atoms with E-state index in [4.69, 9.17) is 14.2 Å². The molecule has 10 nitrogen and oxygen atoms in total. The van der Waals surface area contributed by atoms with Crippen LogP contribution in [-0.4, -0.2) is 41.2 Å². The van der Waals surface area contributed by atoms with Crippen LogP contribution in [0.15, 0.2) is 65.8 Å². The average molecular weight is 494 g/mol. The summed E-state index contributed by atoms with van der Waals surface area (Å²) in [6.07, 6.45) is 4.24. The van der Waals surface area contributed by atoms with Crippen molar-refractivity contribution >= 4 is 15.7 Å². The van der Waals surface area contributed by atoms with E-state index in [1.807, 2.05) is 17.7 Å². The summed E-state index contributed by atoms with van der Waals surface area (Å²) < 4.78 is 47.3. The number of aryl methyl sites for hydroxylation is 2. The van der Waals surface area contributed by atoms with Crippen molar-refractivity contribution in [1.82, 2.24) is 19.5 Å². The van der Waals surface area contributed by atoms with Crippen LogP contribution in [0.3, 0.4) is 0 Å². The number of rotatable bonds is 6. The number of nitrogens with zero attached hydrogens (tertiary/aromatic N) is 4. The number of benzene rings is 2. The number of sulfonamides is 1. The molecule has 0 saturated heterocycles. The Morgan fingerprint density at radius 2 is 1.74 bits per heavy atom. The third-order valence-electron chi connectivity index (χ3n) is 5.23. The van der Waals surface area contributed by atoms with Crippen molar-refractivity contribution in [2.24, 2.45) is 0 Å². The largest absolute Gasteiger partial charge is 0.490 e. The minimum atomic E-state index is -3.83. The van der Waals surface area contributed by atoms with Crippen molar-refractivity contribution in [3.63, 3.8) is 0 Å². The highest BCUT2D eigenvalue weighted by molar-refractivity contribution is 7.92. The third-order valence-corrected chi connectivity index (χ3v) is 6.61. The fourth-order valence-electron chi connectivity index (χ4n) is 3.56. The first-order valence-corrected chi connectivity index (χ1v) is 12.4. The Morgan fingerprint density at radius 3 is 2.49 bits per heavy atom. The van der Waals surface area contributed by atoms with Gasteiger partial charge in [-0.25, -0.2) is 18.4 Å². The van der Waals surface area contributed by atoms with Crippen LogP contribution in [0.25, 0.3) is 5.82 Å². The van der Waals surface area contributed by atoms with Gasteiger partial charge in [-0.3, -0.25) is 9.29 Å². The molecule has 0 unspecified atom stereocenters. The molecule has 0 fully saturated rings. The molecule has 0 spiro atoms. The van der Waals surface area contributed by atoms with E-state index in [2.05, 4.69) is 19.7 Å². The number of nitrogens with one attached hydrogen (secondary N) is 1. The first-order chi connectivity index (χ1) is 16.9. The van der Waals surface area contributed by atoms with E-state index in [0.29, 0.717) is 53.7 Å². The third kappa shape index (κ3) is 5.04. The van der Waals surface area contributed by atoms with E-state index in [1.54, 1.807) is 49.5 Å². The molecule has 0 radical (unpaired) electrons. The molecule has 1 N–H and O–H groups in total. The van der Waals surface area contributed by atoms with E-state index in [9.17, 15) is 8.42 Å². The predicted molar refractivity (Wildman–Crippen MR) is 128 cm³/mol. The molecule has 0 aliphatic carbocycles. The second-order valence-corrected chi connectivity index (χ2v) is 9.53. The smallest absolute Gasteiger partial charge is 0.262 e. The van der Waals surface area contributed by atoms with E-state index in [0.717, 1.165) is 12.2 Å². The number of hydrogen-bond donors (Lipinski definition) is 1. The molecule has 2 aromatic carbocycles. The van der Waals surface area contributed by atoms with Crippen LogP contribution in [0.1, 0.15) is 18.1 Å². The van der Waals surface area contributed by atoms with Crippen molar-refractivity contribution in [3.05, 3.63) is 72.6 Å². The molecule has 0 atom stereocenters. The summed E-state index contributed by atoms with van der Waals surface area (Å²) in [5, 5.41) is 0. The fraction of sp³-hybridized carbons (Fsp3) is 0.208. The standard InChI is InChI=1S/C24H23N5O5S/c1-16-26-23(29-11-10-25-17(29)2)15-24(27-16)34-19-6-4-18(5-7-19)28-35(30,31)20-8-9-21-22(14-20)33-13-3-12-32-21/h4-11,14-15,28H,3,12-13H2,1-2H3. The molecule has 0 bridgehead atoms. The Kier molecular flexibility index (Phi) is 6.00. The lowest BCUT2D eigenvalue weighted by atomic mass is 10.3. The highest BCUT2D eigenvalue weighted by Crippen LogP contribution is 2.32. The molecule has 180 valence electrons. The Morgan fingerprint density at radius 1 is 0.971 bits per heavy atom. The monoisotopic (exact) mass is 493 g/mol. The summed E-state index contributed by atoms with van der Waals surface area (Å²) in [5.74, 6) is 3.79. The molecule has 35 heavy (non-hydrogen) atoms. The van der Waals surface area contributed by atoms with Gasteiger partial charge < -0.3 is 14.2 Å². The maximum atomic E-state index is 12.9. The number of ether oxygens (including phenoxy) is 3. The average Bonchev–Trinajstić information content (AvgIpc) is 3.12. The maximum Gasteiger partial charge on any atom is 0.262 e. The lowest BCUT2D eigenvalue weighted by Crippen LogP contribution is -2.13. The van der Waals surface area contributed by atoms with Crippen LogP contribution >= 0.6 is 0 Å². The van der Waals surface area contributed by atoms with Crippen molar-refractivity contribution in [2.45, 2.75) is 25.2 Å². The fourth-order valence-corrected chi connectivity index (χ4v) is 4.63. The van der Waals surface area contributed by atoms with E-state index in [-0.39, 0.29) is 4.90 Å². The van der Waals surface area contributed by atoms with Crippen LogP contribution in [0.2, 0.25) is 0 Å². The van der Waals surface area contributed by atoms with Crippen molar-refractivity contribution in [2.75, 3.05) is 17.9 Å². The lowest BCUT2D eigenvalue weighted by Gasteiger charge is -2.12. The molecular weight excluding hydrogens is 470 g/mol. The van der Waals surface area contributed by atoms with Gasteiger partial charge in [0.1, 0.15) is 23.2 Å². The molecule has 0 saturated carbocycles. The van der Waals surface area contributed by atoms with Crippen molar-refractivity contribution in [3.8, 4) is 28.9 Å². The molecule has 11 heteroatoms. The molecule has 1 aliphatic rings. The van der Waals surface area contributed by atoms with Gasteiger partial charge in [-0.05, 0) is 50.2 Å². The van der Waals surface area contributed by atoms with Gasteiger partial charge in [0.15, 0.2) is 11.5 Å².